The molecule has 1 N–H and O–H groups in total. The maximum atomic E-state index is 12.4. The van der Waals surface area contributed by atoms with Crippen molar-refractivity contribution in [3.05, 3.63) is 36.0 Å². The van der Waals surface area contributed by atoms with Crippen molar-refractivity contribution in [3.63, 3.8) is 0 Å². The van der Waals surface area contributed by atoms with E-state index in [0.717, 1.165) is 19.4 Å². The third-order valence-electron chi connectivity index (χ3n) is 3.32. The first-order chi connectivity index (χ1) is 10.0. The lowest BCUT2D eigenvalue weighted by molar-refractivity contribution is -0.274. The lowest BCUT2D eigenvalue weighted by Crippen LogP contribution is -2.17. The molecule has 0 amide bonds. The summed E-state index contributed by atoms with van der Waals surface area (Å²) in [5, 5.41) is 7.19. The van der Waals surface area contributed by atoms with E-state index in [-0.39, 0.29) is 23.1 Å². The molecule has 2 heterocycles. The van der Waals surface area contributed by atoms with Gasteiger partial charge in [0, 0.05) is 6.07 Å². The predicted molar refractivity (Wildman–Crippen MR) is 68.6 cm³/mol. The zero-order chi connectivity index (χ0) is 14.9. The monoisotopic (exact) mass is 298 g/mol. The molecule has 1 saturated heterocycles. The Hall–Kier alpha value is -2.02. The summed E-state index contributed by atoms with van der Waals surface area (Å²) >= 11 is 0. The third-order valence-corrected chi connectivity index (χ3v) is 3.32. The van der Waals surface area contributed by atoms with E-state index in [2.05, 4.69) is 15.2 Å². The Morgan fingerprint density at radius 3 is 2.81 bits per heavy atom. The molecule has 1 aromatic heterocycles. The Labute approximate surface area is 118 Å². The molecule has 0 bridgehead atoms. The maximum Gasteiger partial charge on any atom is 0.573 e. The van der Waals surface area contributed by atoms with Gasteiger partial charge >= 0.3 is 6.36 Å². The molecular weight excluding hydrogens is 285 g/mol. The van der Waals surface area contributed by atoms with E-state index in [1.54, 1.807) is 12.1 Å². The third kappa shape index (κ3) is 3.18. The highest BCUT2D eigenvalue weighted by Gasteiger charge is 2.32. The number of hydrogen-bond donors (Lipinski definition) is 1. The maximum absolute atomic E-state index is 12.4. The van der Waals surface area contributed by atoms with Crippen LogP contribution >= 0.6 is 0 Å². The van der Waals surface area contributed by atoms with Crippen LogP contribution < -0.4 is 10.1 Å². The largest absolute Gasteiger partial charge is 0.573 e. The quantitative estimate of drug-likeness (QED) is 0.939. The number of para-hydroxylation sites is 1. The average molecular weight is 298 g/mol. The number of rotatable bonds is 3. The van der Waals surface area contributed by atoms with Gasteiger partial charge in [0.2, 0.25) is 0 Å². The Kier molecular flexibility index (Phi) is 3.59. The average Bonchev–Trinajstić information content (AvgIpc) is 3.08. The summed E-state index contributed by atoms with van der Waals surface area (Å²) in [6, 6.07) is 7.60. The topological polar surface area (TPSA) is 47.3 Å². The summed E-state index contributed by atoms with van der Waals surface area (Å²) < 4.78 is 46.4. The SMILES string of the molecule is FC(F)(F)Oc1ccccc1-c1cc([C@@H]2CCCN2)no1. The minimum atomic E-state index is -4.74. The van der Waals surface area contributed by atoms with Crippen LogP contribution in [0.3, 0.4) is 0 Å². The van der Waals surface area contributed by atoms with Crippen molar-refractivity contribution in [2.45, 2.75) is 25.2 Å². The molecule has 21 heavy (non-hydrogen) atoms. The molecule has 0 unspecified atom stereocenters. The summed E-state index contributed by atoms with van der Waals surface area (Å²) in [7, 11) is 0. The highest BCUT2D eigenvalue weighted by molar-refractivity contribution is 5.65. The van der Waals surface area contributed by atoms with Gasteiger partial charge in [0.25, 0.3) is 0 Å². The molecule has 112 valence electrons. The van der Waals surface area contributed by atoms with E-state index in [9.17, 15) is 13.2 Å². The van der Waals surface area contributed by atoms with E-state index in [1.807, 2.05) is 0 Å². The van der Waals surface area contributed by atoms with E-state index in [0.29, 0.717) is 5.69 Å². The Balaban J connectivity index is 1.90. The van der Waals surface area contributed by atoms with Gasteiger partial charge in [-0.05, 0) is 31.5 Å². The number of alkyl halides is 3. The van der Waals surface area contributed by atoms with Gasteiger partial charge in [0.15, 0.2) is 5.76 Å². The molecule has 1 aliphatic rings. The van der Waals surface area contributed by atoms with Crippen LogP contribution in [-0.4, -0.2) is 18.1 Å². The van der Waals surface area contributed by atoms with E-state index >= 15 is 0 Å². The van der Waals surface area contributed by atoms with Crippen molar-refractivity contribution in [2.75, 3.05) is 6.54 Å². The summed E-state index contributed by atoms with van der Waals surface area (Å²) in [6.45, 7) is 0.903. The first kappa shape index (κ1) is 13.9. The molecule has 0 aliphatic carbocycles. The van der Waals surface area contributed by atoms with Crippen LogP contribution in [0.15, 0.2) is 34.9 Å². The number of hydrogen-bond acceptors (Lipinski definition) is 4. The fraction of sp³-hybridized carbons (Fsp3) is 0.357. The minimum Gasteiger partial charge on any atom is -0.405 e. The predicted octanol–water partition coefficient (Wildman–Crippen LogP) is 3.66. The number of nitrogens with zero attached hydrogens (tertiary/aromatic N) is 1. The number of aromatic nitrogens is 1. The van der Waals surface area contributed by atoms with Crippen LogP contribution in [0.2, 0.25) is 0 Å². The van der Waals surface area contributed by atoms with Crippen molar-refractivity contribution in [2.24, 2.45) is 0 Å². The number of nitrogens with one attached hydrogen (secondary N) is 1. The van der Waals surface area contributed by atoms with Crippen molar-refractivity contribution in [1.82, 2.24) is 10.5 Å². The van der Waals surface area contributed by atoms with Crippen LogP contribution in [0.4, 0.5) is 13.2 Å². The first-order valence-electron chi connectivity index (χ1n) is 6.58. The molecule has 4 nitrogen and oxygen atoms in total. The van der Waals surface area contributed by atoms with Gasteiger partial charge in [0.1, 0.15) is 11.4 Å². The van der Waals surface area contributed by atoms with E-state index in [4.69, 9.17) is 4.52 Å². The standard InChI is InChI=1S/C14H13F3N2O2/c15-14(16,17)20-12-6-2-1-4-9(12)13-8-11(19-21-13)10-5-3-7-18-10/h1-2,4,6,8,10,18H,3,5,7H2/t10-/m0/s1. The molecule has 1 fully saturated rings. The second-order valence-electron chi connectivity index (χ2n) is 4.81. The number of benzene rings is 1. The second kappa shape index (κ2) is 5.40. The molecule has 0 saturated carbocycles. The van der Waals surface area contributed by atoms with Gasteiger partial charge < -0.3 is 14.6 Å². The zero-order valence-corrected chi connectivity index (χ0v) is 11.0. The summed E-state index contributed by atoms with van der Waals surface area (Å²) in [5.41, 5.74) is 0.927. The number of ether oxygens (including phenoxy) is 1. The lowest BCUT2D eigenvalue weighted by Gasteiger charge is -2.11. The van der Waals surface area contributed by atoms with Gasteiger partial charge in [0.05, 0.1) is 11.6 Å². The molecule has 0 spiro atoms. The van der Waals surface area contributed by atoms with Gasteiger partial charge in [-0.1, -0.05) is 17.3 Å². The van der Waals surface area contributed by atoms with Crippen LogP contribution in [-0.2, 0) is 0 Å². The highest BCUT2D eigenvalue weighted by Crippen LogP contribution is 2.35. The minimum absolute atomic E-state index is 0.0956. The van der Waals surface area contributed by atoms with E-state index < -0.39 is 6.36 Å². The summed E-state index contributed by atoms with van der Waals surface area (Å²) in [5.74, 6) is -0.0365. The van der Waals surface area contributed by atoms with Crippen molar-refractivity contribution in [1.29, 1.82) is 0 Å². The normalized spacial score (nSPS) is 18.9. The Morgan fingerprint density at radius 2 is 2.10 bits per heavy atom. The molecule has 7 heteroatoms. The van der Waals surface area contributed by atoms with Gasteiger partial charge in [-0.15, -0.1) is 13.2 Å². The summed E-state index contributed by atoms with van der Waals surface area (Å²) in [6.07, 6.45) is -2.76. The summed E-state index contributed by atoms with van der Waals surface area (Å²) in [4.78, 5) is 0. The van der Waals surface area contributed by atoms with Crippen LogP contribution in [0.5, 0.6) is 5.75 Å². The molecule has 1 atom stereocenters. The number of halogens is 3. The zero-order valence-electron chi connectivity index (χ0n) is 11.0. The lowest BCUT2D eigenvalue weighted by atomic mass is 10.1. The molecule has 2 aromatic rings. The van der Waals surface area contributed by atoms with Crippen molar-refractivity contribution < 1.29 is 22.4 Å². The fourth-order valence-electron chi connectivity index (χ4n) is 2.40. The Bertz CT molecular complexity index is 619. The second-order valence-corrected chi connectivity index (χ2v) is 4.81. The molecule has 1 aliphatic heterocycles. The molecule has 3 rings (SSSR count). The first-order valence-corrected chi connectivity index (χ1v) is 6.58. The van der Waals surface area contributed by atoms with Gasteiger partial charge in [-0.2, -0.15) is 0 Å². The molecule has 0 radical (unpaired) electrons. The highest BCUT2D eigenvalue weighted by atomic mass is 19.4. The van der Waals surface area contributed by atoms with Crippen molar-refractivity contribution in [3.8, 4) is 17.1 Å². The van der Waals surface area contributed by atoms with E-state index in [1.165, 1.54) is 18.2 Å². The molecule has 1 aromatic carbocycles. The smallest absolute Gasteiger partial charge is 0.405 e. The van der Waals surface area contributed by atoms with Crippen molar-refractivity contribution >= 4 is 0 Å². The van der Waals surface area contributed by atoms with Crippen LogP contribution in [0.1, 0.15) is 24.6 Å². The van der Waals surface area contributed by atoms with Gasteiger partial charge in [-0.3, -0.25) is 0 Å². The molecular formula is C14H13F3N2O2. The van der Waals surface area contributed by atoms with Crippen LogP contribution in [0.25, 0.3) is 11.3 Å². The Morgan fingerprint density at radius 1 is 1.29 bits per heavy atom. The van der Waals surface area contributed by atoms with Gasteiger partial charge in [-0.25, -0.2) is 0 Å². The van der Waals surface area contributed by atoms with Crippen LogP contribution in [0, 0.1) is 0 Å². The fourth-order valence-corrected chi connectivity index (χ4v) is 2.40.